The van der Waals surface area contributed by atoms with Crippen LogP contribution in [0.15, 0.2) is 42.6 Å². The molecule has 0 bridgehead atoms. The Morgan fingerprint density at radius 2 is 2.00 bits per heavy atom. The van der Waals surface area contributed by atoms with E-state index in [4.69, 9.17) is 0 Å². The van der Waals surface area contributed by atoms with Crippen LogP contribution < -0.4 is 5.32 Å². The second-order valence-corrected chi connectivity index (χ2v) is 8.40. The summed E-state index contributed by atoms with van der Waals surface area (Å²) in [6.07, 6.45) is 5.56. The number of hydrogen-bond donors (Lipinski definition) is 2. The van der Waals surface area contributed by atoms with Crippen molar-refractivity contribution < 1.29 is 14.4 Å². The number of nitrogens with one attached hydrogen (secondary N) is 2. The van der Waals surface area contributed by atoms with E-state index in [2.05, 4.69) is 15.5 Å². The number of nitrogens with zero attached hydrogens (tertiary/aromatic N) is 2. The van der Waals surface area contributed by atoms with Gasteiger partial charge in [0.2, 0.25) is 5.91 Å². The first kappa shape index (κ1) is 19.5. The van der Waals surface area contributed by atoms with Gasteiger partial charge in [-0.3, -0.25) is 19.5 Å². The van der Waals surface area contributed by atoms with E-state index in [1.54, 1.807) is 23.2 Å². The Morgan fingerprint density at radius 1 is 1.10 bits per heavy atom. The number of aromatic nitrogens is 2. The smallest absolute Gasteiger partial charge is 0.253 e. The zero-order chi connectivity index (χ0) is 21.4. The number of fused-ring (bicyclic) bond motifs is 2. The normalized spacial score (nSPS) is 18.6. The van der Waals surface area contributed by atoms with E-state index in [9.17, 15) is 14.4 Å². The molecule has 3 aromatic rings. The first-order valence-corrected chi connectivity index (χ1v) is 10.8. The maximum atomic E-state index is 13.0. The lowest BCUT2D eigenvalue weighted by molar-refractivity contribution is -0.121. The standard InChI is InChI=1S/C24H24N4O3/c29-22-5-1-3-15-6-8-19(12-20(15)22)26-23(30)17-4-2-10-28(14-17)24(31)16-7-9-21-18(11-16)13-25-27-21/h6-9,11-13,17H,1-5,10,14H2,(H,25,27)(H,26,30). The molecule has 1 aromatic heterocycles. The Morgan fingerprint density at radius 3 is 2.90 bits per heavy atom. The molecule has 7 heteroatoms. The van der Waals surface area contributed by atoms with Crippen LogP contribution in [0, 0.1) is 5.92 Å². The molecule has 1 saturated heterocycles. The van der Waals surface area contributed by atoms with Crippen LogP contribution in [0.2, 0.25) is 0 Å². The Bertz CT molecular complexity index is 1180. The molecule has 5 rings (SSSR count). The van der Waals surface area contributed by atoms with Gasteiger partial charge in [-0.15, -0.1) is 0 Å². The van der Waals surface area contributed by atoms with E-state index >= 15 is 0 Å². The molecule has 2 aliphatic rings. The van der Waals surface area contributed by atoms with Gasteiger partial charge in [-0.1, -0.05) is 6.07 Å². The van der Waals surface area contributed by atoms with E-state index in [1.165, 1.54) is 0 Å². The highest BCUT2D eigenvalue weighted by Crippen LogP contribution is 2.26. The lowest BCUT2D eigenvalue weighted by Gasteiger charge is -2.32. The molecule has 31 heavy (non-hydrogen) atoms. The molecule has 1 aliphatic carbocycles. The summed E-state index contributed by atoms with van der Waals surface area (Å²) in [7, 11) is 0. The Labute approximate surface area is 179 Å². The van der Waals surface area contributed by atoms with Crippen molar-refractivity contribution in [3.05, 3.63) is 59.3 Å². The summed E-state index contributed by atoms with van der Waals surface area (Å²) in [6, 6.07) is 11.1. The van der Waals surface area contributed by atoms with Crippen LogP contribution in [0.5, 0.6) is 0 Å². The average molecular weight is 416 g/mol. The number of aromatic amines is 1. The molecular weight excluding hydrogens is 392 g/mol. The van der Waals surface area contributed by atoms with Crippen LogP contribution in [-0.2, 0) is 11.2 Å². The SMILES string of the molecule is O=C1CCCc2ccc(NC(=O)C3CCCN(C(=O)c4ccc5[nH]ncc5c4)C3)cc21. The molecule has 2 amide bonds. The van der Waals surface area contributed by atoms with Gasteiger partial charge in [0.25, 0.3) is 5.91 Å². The monoisotopic (exact) mass is 416 g/mol. The third kappa shape index (κ3) is 3.83. The van der Waals surface area contributed by atoms with Crippen molar-refractivity contribution in [1.82, 2.24) is 15.1 Å². The highest BCUT2D eigenvalue weighted by atomic mass is 16.2. The molecule has 2 heterocycles. The van der Waals surface area contributed by atoms with Gasteiger partial charge in [-0.2, -0.15) is 5.10 Å². The van der Waals surface area contributed by atoms with Gasteiger partial charge >= 0.3 is 0 Å². The molecule has 2 N–H and O–H groups in total. The molecular formula is C24H24N4O3. The number of Topliss-reactive ketones (excluding diaryl/α,β-unsaturated/α-hetero) is 1. The largest absolute Gasteiger partial charge is 0.338 e. The number of rotatable bonds is 3. The number of H-pyrrole nitrogens is 1. The number of aryl methyl sites for hydroxylation is 1. The van der Waals surface area contributed by atoms with Crippen LogP contribution in [0.1, 0.15) is 52.0 Å². The average Bonchev–Trinajstić information content (AvgIpc) is 3.27. The molecule has 1 atom stereocenters. The predicted octanol–water partition coefficient (Wildman–Crippen LogP) is 3.57. The topological polar surface area (TPSA) is 95.2 Å². The lowest BCUT2D eigenvalue weighted by Crippen LogP contribution is -2.43. The van der Waals surface area contributed by atoms with Gasteiger partial charge in [-0.05, 0) is 61.6 Å². The first-order valence-electron chi connectivity index (χ1n) is 10.8. The van der Waals surface area contributed by atoms with Crippen LogP contribution in [0.25, 0.3) is 10.9 Å². The fourth-order valence-electron chi connectivity index (χ4n) is 4.58. The number of likely N-dealkylation sites (tertiary alicyclic amines) is 1. The molecule has 1 aliphatic heterocycles. The highest BCUT2D eigenvalue weighted by molar-refractivity contribution is 6.01. The fourth-order valence-corrected chi connectivity index (χ4v) is 4.58. The summed E-state index contributed by atoms with van der Waals surface area (Å²) in [5.74, 6) is -0.311. The van der Waals surface area contributed by atoms with Crippen molar-refractivity contribution in [1.29, 1.82) is 0 Å². The van der Waals surface area contributed by atoms with E-state index in [-0.39, 0.29) is 23.5 Å². The zero-order valence-electron chi connectivity index (χ0n) is 17.2. The van der Waals surface area contributed by atoms with Gasteiger partial charge in [0.05, 0.1) is 17.6 Å². The highest BCUT2D eigenvalue weighted by Gasteiger charge is 2.29. The van der Waals surface area contributed by atoms with E-state index < -0.39 is 0 Å². The van der Waals surface area contributed by atoms with Crippen molar-refractivity contribution in [2.45, 2.75) is 32.1 Å². The number of piperidine rings is 1. The van der Waals surface area contributed by atoms with Gasteiger partial charge in [0.15, 0.2) is 5.78 Å². The van der Waals surface area contributed by atoms with E-state index in [1.807, 2.05) is 24.3 Å². The number of ketones is 1. The second kappa shape index (κ2) is 7.98. The third-order valence-corrected chi connectivity index (χ3v) is 6.29. The second-order valence-electron chi connectivity index (χ2n) is 8.40. The Kier molecular flexibility index (Phi) is 5.02. The summed E-state index contributed by atoms with van der Waals surface area (Å²) in [5, 5.41) is 10.7. The van der Waals surface area contributed by atoms with Crippen LogP contribution in [0.3, 0.4) is 0 Å². The van der Waals surface area contributed by atoms with Crippen LogP contribution >= 0.6 is 0 Å². The minimum absolute atomic E-state index is 0.0695. The van der Waals surface area contributed by atoms with Crippen molar-refractivity contribution >= 4 is 34.2 Å². The Balaban J connectivity index is 1.27. The van der Waals surface area contributed by atoms with Gasteiger partial charge in [0.1, 0.15) is 0 Å². The van der Waals surface area contributed by atoms with E-state index in [0.717, 1.165) is 47.7 Å². The summed E-state index contributed by atoms with van der Waals surface area (Å²) in [5.41, 5.74) is 3.91. The maximum Gasteiger partial charge on any atom is 0.253 e. The van der Waals surface area contributed by atoms with Crippen LogP contribution in [-0.4, -0.2) is 45.8 Å². The summed E-state index contributed by atoms with van der Waals surface area (Å²) in [4.78, 5) is 39.9. The zero-order valence-corrected chi connectivity index (χ0v) is 17.2. The van der Waals surface area contributed by atoms with Crippen molar-refractivity contribution in [3.8, 4) is 0 Å². The van der Waals surface area contributed by atoms with E-state index in [0.29, 0.717) is 30.8 Å². The van der Waals surface area contributed by atoms with Gasteiger partial charge in [0, 0.05) is 41.7 Å². The maximum absolute atomic E-state index is 13.0. The van der Waals surface area contributed by atoms with Crippen molar-refractivity contribution in [2.75, 3.05) is 18.4 Å². The van der Waals surface area contributed by atoms with Gasteiger partial charge < -0.3 is 10.2 Å². The van der Waals surface area contributed by atoms with Gasteiger partial charge in [-0.25, -0.2) is 0 Å². The number of amides is 2. The number of anilines is 1. The number of carbonyl (C=O) groups excluding carboxylic acids is 3. The predicted molar refractivity (Wildman–Crippen MR) is 117 cm³/mol. The Hall–Kier alpha value is -3.48. The summed E-state index contributed by atoms with van der Waals surface area (Å²) < 4.78 is 0. The minimum atomic E-state index is -0.276. The molecule has 0 saturated carbocycles. The number of benzene rings is 2. The molecule has 0 spiro atoms. The molecule has 1 fully saturated rings. The van der Waals surface area contributed by atoms with Crippen molar-refractivity contribution in [3.63, 3.8) is 0 Å². The molecule has 0 radical (unpaired) electrons. The van der Waals surface area contributed by atoms with Crippen LogP contribution in [0.4, 0.5) is 5.69 Å². The molecule has 1 unspecified atom stereocenters. The first-order chi connectivity index (χ1) is 15.1. The fraction of sp³-hybridized carbons (Fsp3) is 0.333. The number of carbonyl (C=O) groups is 3. The lowest BCUT2D eigenvalue weighted by atomic mass is 9.90. The molecule has 7 nitrogen and oxygen atoms in total. The number of hydrogen-bond acceptors (Lipinski definition) is 4. The summed E-state index contributed by atoms with van der Waals surface area (Å²) >= 11 is 0. The molecule has 158 valence electrons. The quantitative estimate of drug-likeness (QED) is 0.682. The third-order valence-electron chi connectivity index (χ3n) is 6.29. The molecule has 2 aromatic carbocycles. The van der Waals surface area contributed by atoms with Crippen molar-refractivity contribution in [2.24, 2.45) is 5.92 Å². The summed E-state index contributed by atoms with van der Waals surface area (Å²) in [6.45, 7) is 1.03. The minimum Gasteiger partial charge on any atom is -0.338 e.